The molecule has 0 aromatic heterocycles. The highest BCUT2D eigenvalue weighted by Crippen LogP contribution is 2.24. The normalized spacial score (nSPS) is 10.3. The highest BCUT2D eigenvalue weighted by Gasteiger charge is 2.16. The minimum Gasteiger partial charge on any atom is -0.308 e. The van der Waals surface area contributed by atoms with Crippen LogP contribution in [0.25, 0.3) is 11.1 Å². The first kappa shape index (κ1) is 18.3. The fourth-order valence-electron chi connectivity index (χ4n) is 2.92. The smallest absolute Gasteiger partial charge is 0.227 e. The molecule has 0 N–H and O–H groups in total. The summed E-state index contributed by atoms with van der Waals surface area (Å²) >= 11 is 0. The van der Waals surface area contributed by atoms with Crippen molar-refractivity contribution in [2.45, 2.75) is 19.9 Å². The Morgan fingerprint density at radius 2 is 1.67 bits per heavy atom. The maximum Gasteiger partial charge on any atom is 0.227 e. The fraction of sp³-hybridized carbons (Fsp3) is 0.130. The first-order valence-corrected chi connectivity index (χ1v) is 8.76. The van der Waals surface area contributed by atoms with Gasteiger partial charge in [0.2, 0.25) is 5.91 Å². The van der Waals surface area contributed by atoms with E-state index in [2.05, 4.69) is 0 Å². The van der Waals surface area contributed by atoms with Crippen LogP contribution in [0.4, 0.5) is 10.1 Å². The third kappa shape index (κ3) is 4.39. The second kappa shape index (κ2) is 8.29. The lowest BCUT2D eigenvalue weighted by atomic mass is 10.0. The van der Waals surface area contributed by atoms with E-state index in [-0.39, 0.29) is 11.5 Å². The molecule has 3 rings (SSSR count). The van der Waals surface area contributed by atoms with E-state index in [1.165, 1.54) is 17.0 Å². The molecule has 0 spiro atoms. The molecule has 134 valence electrons. The third-order valence-corrected chi connectivity index (χ3v) is 4.33. The Morgan fingerprint density at radius 3 is 2.30 bits per heavy atom. The van der Waals surface area contributed by atoms with Crippen molar-refractivity contribution in [1.82, 2.24) is 0 Å². The molecule has 0 aliphatic carbocycles. The summed E-state index contributed by atoms with van der Waals surface area (Å²) in [7, 11) is 0. The molecular formula is C23H19FN2O. The van der Waals surface area contributed by atoms with Gasteiger partial charge >= 0.3 is 0 Å². The van der Waals surface area contributed by atoms with Gasteiger partial charge in [-0.25, -0.2) is 4.39 Å². The second-order valence-corrected chi connectivity index (χ2v) is 6.21. The molecule has 3 nitrogen and oxygen atoms in total. The van der Waals surface area contributed by atoms with Crippen molar-refractivity contribution in [3.63, 3.8) is 0 Å². The average Bonchev–Trinajstić information content (AvgIpc) is 2.72. The number of halogens is 1. The maximum absolute atomic E-state index is 13.8. The van der Waals surface area contributed by atoms with Crippen molar-refractivity contribution in [1.29, 1.82) is 5.26 Å². The number of amides is 1. The van der Waals surface area contributed by atoms with Crippen LogP contribution < -0.4 is 4.90 Å². The molecule has 4 heteroatoms. The zero-order valence-corrected chi connectivity index (χ0v) is 15.0. The summed E-state index contributed by atoms with van der Waals surface area (Å²) in [5, 5.41) is 9.07. The molecule has 0 unspecified atom stereocenters. The van der Waals surface area contributed by atoms with Crippen molar-refractivity contribution >= 4 is 11.6 Å². The van der Waals surface area contributed by atoms with Gasteiger partial charge in [-0.2, -0.15) is 5.26 Å². The number of carbonyl (C=O) groups excluding carboxylic acids is 1. The van der Waals surface area contributed by atoms with Crippen LogP contribution in [0.2, 0.25) is 0 Å². The van der Waals surface area contributed by atoms with Crippen LogP contribution in [0.5, 0.6) is 0 Å². The van der Waals surface area contributed by atoms with Crippen LogP contribution in [-0.2, 0) is 11.3 Å². The van der Waals surface area contributed by atoms with Crippen molar-refractivity contribution < 1.29 is 9.18 Å². The molecule has 0 saturated heterocycles. The Kier molecular flexibility index (Phi) is 5.63. The van der Waals surface area contributed by atoms with Crippen LogP contribution >= 0.6 is 0 Å². The van der Waals surface area contributed by atoms with E-state index in [4.69, 9.17) is 5.26 Å². The van der Waals surface area contributed by atoms with Crippen LogP contribution in [-0.4, -0.2) is 5.91 Å². The SMILES string of the molecule is CCC(=O)N(Cc1ccc(-c2ccccc2)cc1)c1cc(F)cc(C#N)c1. The van der Waals surface area contributed by atoms with Gasteiger partial charge in [-0.3, -0.25) is 4.79 Å². The van der Waals surface area contributed by atoms with Gasteiger partial charge < -0.3 is 4.90 Å². The number of benzene rings is 3. The van der Waals surface area contributed by atoms with Crippen molar-refractivity contribution in [2.24, 2.45) is 0 Å². The number of anilines is 1. The van der Waals surface area contributed by atoms with Gasteiger partial charge in [-0.1, -0.05) is 61.5 Å². The van der Waals surface area contributed by atoms with Crippen LogP contribution in [0.3, 0.4) is 0 Å². The van der Waals surface area contributed by atoms with Gasteiger partial charge in [0, 0.05) is 12.1 Å². The Morgan fingerprint density at radius 1 is 1.00 bits per heavy atom. The van der Waals surface area contributed by atoms with Crippen molar-refractivity contribution in [3.8, 4) is 17.2 Å². The molecule has 0 saturated carbocycles. The minimum atomic E-state index is -0.530. The van der Waals surface area contributed by atoms with E-state index >= 15 is 0 Å². The van der Waals surface area contributed by atoms with Crippen LogP contribution in [0.1, 0.15) is 24.5 Å². The molecular weight excluding hydrogens is 339 g/mol. The molecule has 0 heterocycles. The molecule has 3 aromatic rings. The van der Waals surface area contributed by atoms with Crippen LogP contribution in [0.15, 0.2) is 72.8 Å². The number of rotatable bonds is 5. The van der Waals surface area contributed by atoms with E-state index in [1.807, 2.05) is 60.7 Å². The summed E-state index contributed by atoms with van der Waals surface area (Å²) < 4.78 is 13.8. The van der Waals surface area contributed by atoms with Gasteiger partial charge in [0.25, 0.3) is 0 Å². The Labute approximate surface area is 158 Å². The molecule has 3 aromatic carbocycles. The number of nitrogens with zero attached hydrogens (tertiary/aromatic N) is 2. The largest absolute Gasteiger partial charge is 0.308 e. The minimum absolute atomic E-state index is 0.128. The quantitative estimate of drug-likeness (QED) is 0.620. The highest BCUT2D eigenvalue weighted by molar-refractivity contribution is 5.93. The third-order valence-electron chi connectivity index (χ3n) is 4.33. The first-order valence-electron chi connectivity index (χ1n) is 8.76. The number of hydrogen-bond acceptors (Lipinski definition) is 2. The molecule has 0 aliphatic heterocycles. The van der Waals surface area contributed by atoms with Gasteiger partial charge in [0.15, 0.2) is 0 Å². The predicted molar refractivity (Wildman–Crippen MR) is 104 cm³/mol. The topological polar surface area (TPSA) is 44.1 Å². The Bertz CT molecular complexity index is 976. The van der Waals surface area contributed by atoms with E-state index in [0.717, 1.165) is 22.8 Å². The molecule has 27 heavy (non-hydrogen) atoms. The molecule has 0 atom stereocenters. The van der Waals surface area contributed by atoms with Crippen LogP contribution in [0, 0.1) is 17.1 Å². The van der Waals surface area contributed by atoms with E-state index in [1.54, 1.807) is 6.92 Å². The van der Waals surface area contributed by atoms with E-state index in [0.29, 0.717) is 18.7 Å². The lowest BCUT2D eigenvalue weighted by molar-refractivity contribution is -0.118. The summed E-state index contributed by atoms with van der Waals surface area (Å²) in [4.78, 5) is 14.0. The van der Waals surface area contributed by atoms with Crippen molar-refractivity contribution in [3.05, 3.63) is 89.7 Å². The van der Waals surface area contributed by atoms with Gasteiger partial charge in [0.05, 0.1) is 18.2 Å². The molecule has 1 amide bonds. The zero-order chi connectivity index (χ0) is 19.2. The standard InChI is InChI=1S/C23H19FN2O/c1-2-23(27)26(22-13-18(15-25)12-21(24)14-22)16-17-8-10-20(11-9-17)19-6-4-3-5-7-19/h3-14H,2,16H2,1H3. The summed E-state index contributed by atoms with van der Waals surface area (Å²) in [6, 6.07) is 23.9. The lowest BCUT2D eigenvalue weighted by Crippen LogP contribution is -2.29. The summed E-state index contributed by atoms with van der Waals surface area (Å²) in [6.45, 7) is 2.08. The lowest BCUT2D eigenvalue weighted by Gasteiger charge is -2.23. The van der Waals surface area contributed by atoms with Gasteiger partial charge in [0.1, 0.15) is 5.82 Å². The molecule has 0 aliphatic rings. The molecule has 0 radical (unpaired) electrons. The second-order valence-electron chi connectivity index (χ2n) is 6.21. The summed E-state index contributed by atoms with van der Waals surface area (Å²) in [5.74, 6) is -0.658. The van der Waals surface area contributed by atoms with Crippen molar-refractivity contribution in [2.75, 3.05) is 4.90 Å². The summed E-state index contributed by atoms with van der Waals surface area (Å²) in [5.41, 5.74) is 3.72. The monoisotopic (exact) mass is 358 g/mol. The summed E-state index contributed by atoms with van der Waals surface area (Å²) in [6.07, 6.45) is 0.292. The Balaban J connectivity index is 1.88. The van der Waals surface area contributed by atoms with Gasteiger partial charge in [-0.05, 0) is 34.9 Å². The molecule has 0 fully saturated rings. The zero-order valence-electron chi connectivity index (χ0n) is 15.0. The number of hydrogen-bond donors (Lipinski definition) is 0. The number of carbonyl (C=O) groups is 1. The molecule has 0 bridgehead atoms. The maximum atomic E-state index is 13.8. The van der Waals surface area contributed by atoms with E-state index < -0.39 is 5.82 Å². The average molecular weight is 358 g/mol. The fourth-order valence-corrected chi connectivity index (χ4v) is 2.92. The number of nitriles is 1. The predicted octanol–water partition coefficient (Wildman–Crippen LogP) is 5.31. The van der Waals surface area contributed by atoms with Gasteiger partial charge in [-0.15, -0.1) is 0 Å². The van der Waals surface area contributed by atoms with E-state index in [9.17, 15) is 9.18 Å². The first-order chi connectivity index (χ1) is 13.1. The highest BCUT2D eigenvalue weighted by atomic mass is 19.1. The Hall–Kier alpha value is -3.45.